The number of hydrogen-bond donors (Lipinski definition) is 1. The highest BCUT2D eigenvalue weighted by Gasteiger charge is 2.39. The Hall–Kier alpha value is -0.710. The van der Waals surface area contributed by atoms with Gasteiger partial charge in [-0.15, -0.1) is 0 Å². The van der Waals surface area contributed by atoms with Crippen molar-refractivity contribution in [3.05, 3.63) is 29.8 Å². The molecule has 2 fully saturated rings. The highest BCUT2D eigenvalue weighted by Crippen LogP contribution is 2.39. The second kappa shape index (κ2) is 6.59. The molecule has 0 saturated carbocycles. The number of hydrogen-bond acceptors (Lipinski definition) is 4. The molecule has 1 unspecified atom stereocenters. The van der Waals surface area contributed by atoms with Gasteiger partial charge in [-0.2, -0.15) is 11.8 Å². The highest BCUT2D eigenvalue weighted by molar-refractivity contribution is 7.99. The fourth-order valence-electron chi connectivity index (χ4n) is 3.29. The summed E-state index contributed by atoms with van der Waals surface area (Å²) in [6.45, 7) is 2.57. The van der Waals surface area contributed by atoms with Crippen LogP contribution in [0.3, 0.4) is 0 Å². The number of aliphatic hydroxyl groups excluding tert-OH is 1. The van der Waals surface area contributed by atoms with E-state index < -0.39 is 6.10 Å². The lowest BCUT2D eigenvalue weighted by atomic mass is 9.86. The zero-order valence-electron chi connectivity index (χ0n) is 12.6. The van der Waals surface area contributed by atoms with Crippen molar-refractivity contribution in [1.29, 1.82) is 0 Å². The molecule has 4 heteroatoms. The third-order valence-electron chi connectivity index (χ3n) is 4.51. The van der Waals surface area contributed by atoms with E-state index in [4.69, 9.17) is 9.47 Å². The number of benzene rings is 1. The second-order valence-electron chi connectivity index (χ2n) is 6.09. The van der Waals surface area contributed by atoms with Crippen molar-refractivity contribution >= 4 is 11.8 Å². The molecule has 2 aliphatic heterocycles. The third kappa shape index (κ3) is 3.55. The summed E-state index contributed by atoms with van der Waals surface area (Å²) in [5.74, 6) is 3.20. The van der Waals surface area contributed by atoms with Gasteiger partial charge >= 0.3 is 0 Å². The summed E-state index contributed by atoms with van der Waals surface area (Å²) >= 11 is 2.02. The molecule has 0 bridgehead atoms. The van der Waals surface area contributed by atoms with Gasteiger partial charge in [0.15, 0.2) is 0 Å². The van der Waals surface area contributed by atoms with Gasteiger partial charge in [0.05, 0.1) is 18.3 Å². The first-order chi connectivity index (χ1) is 10.2. The van der Waals surface area contributed by atoms with E-state index in [-0.39, 0.29) is 11.7 Å². The Kier molecular flexibility index (Phi) is 4.77. The third-order valence-corrected chi connectivity index (χ3v) is 5.50. The maximum atomic E-state index is 9.87. The molecule has 2 aliphatic rings. The van der Waals surface area contributed by atoms with Crippen molar-refractivity contribution in [3.63, 3.8) is 0 Å². The minimum absolute atomic E-state index is 0.0357. The van der Waals surface area contributed by atoms with Gasteiger partial charge in [-0.05, 0) is 37.3 Å². The molecular weight excluding hydrogens is 284 g/mol. The Morgan fingerprint density at radius 1 is 1.33 bits per heavy atom. The lowest BCUT2D eigenvalue weighted by Gasteiger charge is -2.43. The lowest BCUT2D eigenvalue weighted by molar-refractivity contribution is -0.116. The van der Waals surface area contributed by atoms with Crippen molar-refractivity contribution in [2.45, 2.75) is 50.4 Å². The van der Waals surface area contributed by atoms with Crippen LogP contribution in [0.1, 0.15) is 44.3 Å². The Morgan fingerprint density at radius 3 is 2.86 bits per heavy atom. The number of aliphatic hydroxyl groups is 1. The summed E-state index contributed by atoms with van der Waals surface area (Å²) in [7, 11) is 0. The van der Waals surface area contributed by atoms with E-state index in [1.54, 1.807) is 6.92 Å². The second-order valence-corrected chi connectivity index (χ2v) is 7.32. The maximum absolute atomic E-state index is 9.87. The predicted octanol–water partition coefficient (Wildman–Crippen LogP) is 3.56. The molecule has 3 nitrogen and oxygen atoms in total. The van der Waals surface area contributed by atoms with Gasteiger partial charge in [0, 0.05) is 18.4 Å². The van der Waals surface area contributed by atoms with Gasteiger partial charge in [-0.25, -0.2) is 0 Å². The van der Waals surface area contributed by atoms with Gasteiger partial charge in [0.25, 0.3) is 0 Å². The molecule has 0 aromatic heterocycles. The summed E-state index contributed by atoms with van der Waals surface area (Å²) in [6, 6.07) is 7.81. The Bertz CT molecular complexity index is 463. The summed E-state index contributed by atoms with van der Waals surface area (Å²) in [5.41, 5.74) is 0.908. The largest absolute Gasteiger partial charge is 0.490 e. The molecule has 1 aromatic carbocycles. The van der Waals surface area contributed by atoms with E-state index in [0.717, 1.165) is 43.6 Å². The topological polar surface area (TPSA) is 38.7 Å². The minimum Gasteiger partial charge on any atom is -0.490 e. The molecule has 0 aliphatic carbocycles. The standard InChI is InChI=1S/C17H24O3S/c1-13(18)15-4-2-3-5-16(15)20-14-6-9-19-17(12-14)7-10-21-11-8-17/h2-5,13-14,18H,6-12H2,1H3/t13-,14?/m0/s1. The molecule has 0 amide bonds. The van der Waals surface area contributed by atoms with E-state index in [1.165, 1.54) is 11.5 Å². The molecule has 2 atom stereocenters. The van der Waals surface area contributed by atoms with Gasteiger partial charge in [-0.1, -0.05) is 18.2 Å². The van der Waals surface area contributed by atoms with Crippen molar-refractivity contribution in [2.24, 2.45) is 0 Å². The molecule has 3 rings (SSSR count). The number of para-hydroxylation sites is 1. The average Bonchev–Trinajstić information content (AvgIpc) is 2.48. The monoisotopic (exact) mass is 308 g/mol. The Labute approximate surface area is 131 Å². The van der Waals surface area contributed by atoms with Gasteiger partial charge < -0.3 is 14.6 Å². The van der Waals surface area contributed by atoms with E-state index in [9.17, 15) is 5.11 Å². The predicted molar refractivity (Wildman–Crippen MR) is 86.0 cm³/mol. The summed E-state index contributed by atoms with van der Waals surface area (Å²) < 4.78 is 12.3. The first-order valence-electron chi connectivity index (χ1n) is 7.84. The van der Waals surface area contributed by atoms with Crippen LogP contribution in [0.25, 0.3) is 0 Å². The Balaban J connectivity index is 1.70. The summed E-state index contributed by atoms with van der Waals surface area (Å²) in [6.07, 6.45) is 3.87. The number of ether oxygens (including phenoxy) is 2. The van der Waals surface area contributed by atoms with E-state index in [1.807, 2.05) is 36.0 Å². The molecule has 1 aromatic rings. The summed E-state index contributed by atoms with van der Waals surface area (Å²) in [4.78, 5) is 0. The van der Waals surface area contributed by atoms with Crippen LogP contribution in [0.15, 0.2) is 24.3 Å². The zero-order valence-corrected chi connectivity index (χ0v) is 13.4. The number of rotatable bonds is 3. The van der Waals surface area contributed by atoms with Crippen molar-refractivity contribution in [3.8, 4) is 5.75 Å². The van der Waals surface area contributed by atoms with Crippen molar-refractivity contribution in [2.75, 3.05) is 18.1 Å². The van der Waals surface area contributed by atoms with E-state index >= 15 is 0 Å². The van der Waals surface area contributed by atoms with Crippen LogP contribution >= 0.6 is 11.8 Å². The molecule has 21 heavy (non-hydrogen) atoms. The van der Waals surface area contributed by atoms with E-state index in [0.29, 0.717) is 0 Å². The van der Waals surface area contributed by atoms with Crippen LogP contribution in [-0.4, -0.2) is 34.9 Å². The first-order valence-corrected chi connectivity index (χ1v) is 8.99. The van der Waals surface area contributed by atoms with Crippen LogP contribution in [0.2, 0.25) is 0 Å². The SMILES string of the molecule is C[C@H](O)c1ccccc1OC1CCOC2(CCSCC2)C1. The average molecular weight is 308 g/mol. The minimum atomic E-state index is -0.499. The maximum Gasteiger partial charge on any atom is 0.125 e. The summed E-state index contributed by atoms with van der Waals surface area (Å²) in [5, 5.41) is 9.87. The highest BCUT2D eigenvalue weighted by atomic mass is 32.2. The van der Waals surface area contributed by atoms with Gasteiger partial charge in [0.1, 0.15) is 11.9 Å². The molecular formula is C17H24O3S. The fourth-order valence-corrected chi connectivity index (χ4v) is 4.52. The van der Waals surface area contributed by atoms with Crippen LogP contribution in [0, 0.1) is 0 Å². The number of thioether (sulfide) groups is 1. The molecule has 1 N–H and O–H groups in total. The van der Waals surface area contributed by atoms with Crippen LogP contribution in [0.4, 0.5) is 0 Å². The van der Waals surface area contributed by atoms with Gasteiger partial charge in [-0.3, -0.25) is 0 Å². The fraction of sp³-hybridized carbons (Fsp3) is 0.647. The molecule has 1 spiro atoms. The van der Waals surface area contributed by atoms with E-state index in [2.05, 4.69) is 0 Å². The zero-order chi connectivity index (χ0) is 14.7. The molecule has 2 heterocycles. The molecule has 0 radical (unpaired) electrons. The van der Waals surface area contributed by atoms with Crippen LogP contribution < -0.4 is 4.74 Å². The van der Waals surface area contributed by atoms with Crippen LogP contribution in [-0.2, 0) is 4.74 Å². The van der Waals surface area contributed by atoms with Crippen LogP contribution in [0.5, 0.6) is 5.75 Å². The molecule has 116 valence electrons. The van der Waals surface area contributed by atoms with Gasteiger partial charge in [0.2, 0.25) is 0 Å². The van der Waals surface area contributed by atoms with Crippen molar-refractivity contribution in [1.82, 2.24) is 0 Å². The first kappa shape index (κ1) is 15.2. The lowest BCUT2D eigenvalue weighted by Crippen LogP contribution is -2.46. The molecule has 2 saturated heterocycles. The van der Waals surface area contributed by atoms with Crippen molar-refractivity contribution < 1.29 is 14.6 Å². The normalized spacial score (nSPS) is 26.5. The Morgan fingerprint density at radius 2 is 2.10 bits per heavy atom. The smallest absolute Gasteiger partial charge is 0.125 e. The quantitative estimate of drug-likeness (QED) is 0.926.